The number of rotatable bonds is 3. The molecule has 1 atom stereocenters. The van der Waals surface area contributed by atoms with Crippen molar-refractivity contribution in [1.82, 2.24) is 14.8 Å². The van der Waals surface area contributed by atoms with Gasteiger partial charge in [-0.25, -0.2) is 18.2 Å². The molecule has 2 aliphatic heterocycles. The highest BCUT2D eigenvalue weighted by molar-refractivity contribution is 7.91. The zero-order valence-electron chi connectivity index (χ0n) is 15.8. The van der Waals surface area contributed by atoms with E-state index in [0.717, 1.165) is 23.1 Å². The summed E-state index contributed by atoms with van der Waals surface area (Å²) >= 11 is 7.48. The van der Waals surface area contributed by atoms with E-state index in [1.165, 1.54) is 11.3 Å². The second-order valence-electron chi connectivity index (χ2n) is 7.49. The van der Waals surface area contributed by atoms with E-state index < -0.39 is 15.9 Å². The van der Waals surface area contributed by atoms with Crippen LogP contribution in [-0.4, -0.2) is 72.2 Å². The van der Waals surface area contributed by atoms with Crippen molar-refractivity contribution in [2.45, 2.75) is 31.7 Å². The predicted molar refractivity (Wildman–Crippen MR) is 113 cm³/mol. The summed E-state index contributed by atoms with van der Waals surface area (Å²) < 4.78 is 24.3. The van der Waals surface area contributed by atoms with Gasteiger partial charge in [0, 0.05) is 24.7 Å². The number of carbonyl (C=O) groups is 2. The molecule has 1 aromatic heterocycles. The fourth-order valence-corrected chi connectivity index (χ4v) is 6.20. The number of ketones is 1. The van der Waals surface area contributed by atoms with Crippen LogP contribution in [0.4, 0.5) is 4.79 Å². The van der Waals surface area contributed by atoms with Gasteiger partial charge in [0.25, 0.3) is 0 Å². The number of carbonyl (C=O) groups excluding carboxylic acids is 2. The SMILES string of the molecule is O=C(Cc1nc2cc(Cl)ccc2s1)[C@@H]1CCCCN1C(=O)N1CCS(=O)(=O)CC1. The molecule has 2 aromatic rings. The summed E-state index contributed by atoms with van der Waals surface area (Å²) in [6.07, 6.45) is 2.55. The molecule has 4 rings (SSSR count). The van der Waals surface area contributed by atoms with Gasteiger partial charge in [0.1, 0.15) is 5.01 Å². The first-order valence-electron chi connectivity index (χ1n) is 9.66. The number of thiazole rings is 1. The number of benzene rings is 1. The number of urea groups is 1. The molecule has 2 fully saturated rings. The summed E-state index contributed by atoms with van der Waals surface area (Å²) in [7, 11) is -3.06. The van der Waals surface area contributed by atoms with Gasteiger partial charge in [0.05, 0.1) is 34.2 Å². The molecule has 0 saturated carbocycles. The molecule has 1 aromatic carbocycles. The van der Waals surface area contributed by atoms with Gasteiger partial charge in [-0.2, -0.15) is 0 Å². The number of nitrogens with zero attached hydrogens (tertiary/aromatic N) is 3. The van der Waals surface area contributed by atoms with Crippen molar-refractivity contribution in [3.8, 4) is 0 Å². The van der Waals surface area contributed by atoms with Crippen LogP contribution >= 0.6 is 22.9 Å². The maximum atomic E-state index is 13.0. The smallest absolute Gasteiger partial charge is 0.320 e. The lowest BCUT2D eigenvalue weighted by molar-refractivity contribution is -0.123. The monoisotopic (exact) mass is 455 g/mol. The number of piperidine rings is 1. The molecule has 0 spiro atoms. The summed E-state index contributed by atoms with van der Waals surface area (Å²) in [6.45, 7) is 0.905. The van der Waals surface area contributed by atoms with Crippen molar-refractivity contribution < 1.29 is 18.0 Å². The summed E-state index contributed by atoms with van der Waals surface area (Å²) in [5.74, 6) is -0.0494. The molecule has 0 N–H and O–H groups in total. The fourth-order valence-electron chi connectivity index (χ4n) is 3.87. The Hall–Kier alpha value is -1.71. The van der Waals surface area contributed by atoms with Crippen LogP contribution in [0.3, 0.4) is 0 Å². The molecule has 10 heteroatoms. The summed E-state index contributed by atoms with van der Waals surface area (Å²) in [6, 6.07) is 4.76. The highest BCUT2D eigenvalue weighted by Crippen LogP contribution is 2.27. The number of sulfone groups is 1. The Kier molecular flexibility index (Phi) is 5.81. The molecule has 0 radical (unpaired) electrons. The van der Waals surface area contributed by atoms with Crippen LogP contribution in [0, 0.1) is 0 Å². The van der Waals surface area contributed by atoms with Gasteiger partial charge >= 0.3 is 6.03 Å². The highest BCUT2D eigenvalue weighted by atomic mass is 35.5. The van der Waals surface area contributed by atoms with Crippen LogP contribution in [-0.2, 0) is 21.1 Å². The van der Waals surface area contributed by atoms with E-state index >= 15 is 0 Å². The van der Waals surface area contributed by atoms with Gasteiger partial charge in [-0.05, 0) is 37.5 Å². The number of aromatic nitrogens is 1. The van der Waals surface area contributed by atoms with E-state index in [2.05, 4.69) is 4.98 Å². The molecular formula is C19H22ClN3O4S2. The van der Waals surface area contributed by atoms with Gasteiger partial charge in [-0.15, -0.1) is 11.3 Å². The molecular weight excluding hydrogens is 434 g/mol. The minimum atomic E-state index is -3.06. The van der Waals surface area contributed by atoms with E-state index in [1.54, 1.807) is 21.9 Å². The van der Waals surface area contributed by atoms with Crippen LogP contribution < -0.4 is 0 Å². The van der Waals surface area contributed by atoms with Crippen molar-refractivity contribution in [3.05, 3.63) is 28.2 Å². The zero-order chi connectivity index (χ0) is 20.6. The second-order valence-corrected chi connectivity index (χ2v) is 11.3. The van der Waals surface area contributed by atoms with E-state index in [9.17, 15) is 18.0 Å². The molecule has 156 valence electrons. The van der Waals surface area contributed by atoms with Gasteiger partial charge in [-0.1, -0.05) is 11.6 Å². The number of amides is 2. The van der Waals surface area contributed by atoms with E-state index in [4.69, 9.17) is 11.6 Å². The van der Waals surface area contributed by atoms with Gasteiger partial charge in [-0.3, -0.25) is 4.79 Å². The third-order valence-corrected chi connectivity index (χ3v) is 8.34. The topological polar surface area (TPSA) is 87.7 Å². The van der Waals surface area contributed by atoms with Crippen LogP contribution in [0.25, 0.3) is 10.2 Å². The maximum Gasteiger partial charge on any atom is 0.320 e. The molecule has 0 aliphatic carbocycles. The Balaban J connectivity index is 1.47. The van der Waals surface area contributed by atoms with Crippen molar-refractivity contribution in [2.75, 3.05) is 31.1 Å². The lowest BCUT2D eigenvalue weighted by atomic mass is 9.97. The minimum absolute atomic E-state index is 0.0144. The minimum Gasteiger partial charge on any atom is -0.323 e. The van der Waals surface area contributed by atoms with E-state index in [0.29, 0.717) is 23.0 Å². The first-order chi connectivity index (χ1) is 13.8. The Bertz CT molecular complexity index is 1040. The van der Waals surface area contributed by atoms with Gasteiger partial charge in [0.15, 0.2) is 15.6 Å². The molecule has 29 heavy (non-hydrogen) atoms. The predicted octanol–water partition coefficient (Wildman–Crippen LogP) is 2.77. The van der Waals surface area contributed by atoms with Crippen LogP contribution in [0.2, 0.25) is 5.02 Å². The molecule has 0 bridgehead atoms. The number of hydrogen-bond donors (Lipinski definition) is 0. The maximum absolute atomic E-state index is 13.0. The van der Waals surface area contributed by atoms with Crippen molar-refractivity contribution >= 4 is 54.8 Å². The third kappa shape index (κ3) is 4.57. The van der Waals surface area contributed by atoms with Gasteiger partial charge in [0.2, 0.25) is 0 Å². The molecule has 3 heterocycles. The van der Waals surface area contributed by atoms with E-state index in [-0.39, 0.29) is 42.8 Å². The summed E-state index contributed by atoms with van der Waals surface area (Å²) in [5.41, 5.74) is 0.774. The summed E-state index contributed by atoms with van der Waals surface area (Å²) in [4.78, 5) is 33.7. The quantitative estimate of drug-likeness (QED) is 0.710. The molecule has 7 nitrogen and oxygen atoms in total. The van der Waals surface area contributed by atoms with Gasteiger partial charge < -0.3 is 9.80 Å². The first kappa shape index (κ1) is 20.6. The standard InChI is InChI=1S/C19H22ClN3O4S2/c20-13-4-5-17-14(11-13)21-18(28-17)12-16(24)15-3-1-2-6-23(15)19(25)22-7-9-29(26,27)10-8-22/h4-5,11,15H,1-3,6-10,12H2/t15-/m0/s1. The fraction of sp³-hybridized carbons (Fsp3) is 0.526. The molecule has 2 aliphatic rings. The molecule has 0 unspecified atom stereocenters. The number of fused-ring (bicyclic) bond motifs is 1. The summed E-state index contributed by atoms with van der Waals surface area (Å²) in [5, 5.41) is 1.32. The van der Waals surface area contributed by atoms with Crippen molar-refractivity contribution in [2.24, 2.45) is 0 Å². The van der Waals surface area contributed by atoms with Crippen molar-refractivity contribution in [1.29, 1.82) is 0 Å². The Morgan fingerprint density at radius 2 is 1.93 bits per heavy atom. The van der Waals surface area contributed by atoms with Crippen molar-refractivity contribution in [3.63, 3.8) is 0 Å². The Labute approximate surface area is 178 Å². The Morgan fingerprint density at radius 1 is 1.17 bits per heavy atom. The number of halogens is 1. The van der Waals surface area contributed by atoms with Crippen LogP contribution in [0.15, 0.2) is 18.2 Å². The normalized spacial score (nSPS) is 22.0. The number of hydrogen-bond acceptors (Lipinski definition) is 6. The van der Waals surface area contributed by atoms with Crippen LogP contribution in [0.1, 0.15) is 24.3 Å². The second kappa shape index (κ2) is 8.20. The van der Waals surface area contributed by atoms with Crippen LogP contribution in [0.5, 0.6) is 0 Å². The lowest BCUT2D eigenvalue weighted by Gasteiger charge is -2.39. The number of likely N-dealkylation sites (tertiary alicyclic amines) is 1. The largest absolute Gasteiger partial charge is 0.323 e. The molecule has 2 saturated heterocycles. The average Bonchev–Trinajstić information content (AvgIpc) is 3.08. The molecule has 2 amide bonds. The lowest BCUT2D eigenvalue weighted by Crippen LogP contribution is -2.56. The third-order valence-electron chi connectivity index (χ3n) is 5.45. The Morgan fingerprint density at radius 3 is 2.69 bits per heavy atom. The number of Topliss-reactive ketones (excluding diaryl/α,β-unsaturated/α-hetero) is 1. The first-order valence-corrected chi connectivity index (χ1v) is 12.7. The zero-order valence-corrected chi connectivity index (χ0v) is 18.2. The van der Waals surface area contributed by atoms with E-state index in [1.807, 2.05) is 6.07 Å². The highest BCUT2D eigenvalue weighted by Gasteiger charge is 2.36. The average molecular weight is 456 g/mol.